The van der Waals surface area contributed by atoms with Gasteiger partial charge in [-0.05, 0) is 12.3 Å². The molecule has 0 N–H and O–H groups in total. The Hall–Kier alpha value is -1.38. The molecule has 1 unspecified atom stereocenters. The van der Waals surface area contributed by atoms with Gasteiger partial charge in [0.1, 0.15) is 6.29 Å². The normalized spacial score (nSPS) is 24.4. The molecule has 1 amide bonds. The highest BCUT2D eigenvalue weighted by atomic mass is 16.5. The summed E-state index contributed by atoms with van der Waals surface area (Å²) in [6, 6.07) is 0. The average Bonchev–Trinajstić information content (AvgIpc) is 2.89. The summed E-state index contributed by atoms with van der Waals surface area (Å²) < 4.78 is 5.23. The van der Waals surface area contributed by atoms with Crippen LogP contribution in [0.4, 0.5) is 0 Å². The van der Waals surface area contributed by atoms with Crippen molar-refractivity contribution < 1.29 is 14.3 Å². The average molecular weight is 250 g/mol. The van der Waals surface area contributed by atoms with E-state index in [0.29, 0.717) is 19.6 Å². The van der Waals surface area contributed by atoms with Gasteiger partial charge in [0.25, 0.3) is 5.91 Å². The summed E-state index contributed by atoms with van der Waals surface area (Å²) in [7, 11) is 0. The van der Waals surface area contributed by atoms with E-state index in [1.807, 2.05) is 0 Å². The predicted octanol–water partition coefficient (Wildman–Crippen LogP) is -0.631. The van der Waals surface area contributed by atoms with Crippen LogP contribution in [0.1, 0.15) is 6.42 Å². The van der Waals surface area contributed by atoms with Crippen LogP contribution < -0.4 is 0 Å². The molecule has 98 valence electrons. The number of aldehydes is 1. The number of rotatable bonds is 2. The highest BCUT2D eigenvalue weighted by molar-refractivity contribution is 5.94. The minimum atomic E-state index is -0.160. The maximum absolute atomic E-state index is 11.7. The van der Waals surface area contributed by atoms with Crippen molar-refractivity contribution in [3.8, 4) is 11.8 Å². The molecule has 2 saturated heterocycles. The molecule has 2 aliphatic rings. The van der Waals surface area contributed by atoms with E-state index in [0.717, 1.165) is 39.0 Å². The molecule has 0 radical (unpaired) electrons. The number of carbonyl (C=O) groups is 2. The molecule has 0 bridgehead atoms. The second kappa shape index (κ2) is 6.53. The minimum absolute atomic E-state index is 0.00464. The Labute approximate surface area is 107 Å². The van der Waals surface area contributed by atoms with Gasteiger partial charge in [-0.15, -0.1) is 0 Å². The van der Waals surface area contributed by atoms with E-state index in [2.05, 4.69) is 16.7 Å². The molecule has 0 spiro atoms. The highest BCUT2D eigenvalue weighted by Crippen LogP contribution is 2.13. The van der Waals surface area contributed by atoms with Gasteiger partial charge in [0.2, 0.25) is 0 Å². The first kappa shape index (κ1) is 13.1. The van der Waals surface area contributed by atoms with Crippen LogP contribution in [0.3, 0.4) is 0 Å². The standard InChI is InChI=1S/C13H18N2O3/c16-11-12-3-5-15(10-12)13(17)2-1-4-14-6-8-18-9-7-14/h11-12H,3-10H2. The van der Waals surface area contributed by atoms with Crippen molar-refractivity contribution in [1.29, 1.82) is 0 Å². The predicted molar refractivity (Wildman–Crippen MR) is 65.8 cm³/mol. The Morgan fingerprint density at radius 2 is 2.11 bits per heavy atom. The fourth-order valence-electron chi connectivity index (χ4n) is 2.15. The van der Waals surface area contributed by atoms with Gasteiger partial charge in [0, 0.05) is 32.1 Å². The molecule has 18 heavy (non-hydrogen) atoms. The van der Waals surface area contributed by atoms with Crippen molar-refractivity contribution in [3.63, 3.8) is 0 Å². The number of hydrogen-bond donors (Lipinski definition) is 0. The summed E-state index contributed by atoms with van der Waals surface area (Å²) in [4.78, 5) is 26.2. The lowest BCUT2D eigenvalue weighted by atomic mass is 10.1. The van der Waals surface area contributed by atoms with Crippen molar-refractivity contribution in [3.05, 3.63) is 0 Å². The summed E-state index contributed by atoms with van der Waals surface area (Å²) >= 11 is 0. The Kier molecular flexibility index (Phi) is 4.73. The first-order valence-corrected chi connectivity index (χ1v) is 6.33. The Morgan fingerprint density at radius 3 is 2.78 bits per heavy atom. The number of carbonyl (C=O) groups excluding carboxylic acids is 2. The SMILES string of the molecule is O=CC1CCN(C(=O)C#CCN2CCOCC2)C1. The molecular formula is C13H18N2O3. The molecule has 0 aliphatic carbocycles. The van der Waals surface area contributed by atoms with Crippen molar-refractivity contribution >= 4 is 12.2 Å². The number of likely N-dealkylation sites (tertiary alicyclic amines) is 1. The third-order valence-corrected chi connectivity index (χ3v) is 3.31. The van der Waals surface area contributed by atoms with Crippen molar-refractivity contribution in [2.24, 2.45) is 5.92 Å². The Balaban J connectivity index is 1.75. The lowest BCUT2D eigenvalue weighted by Crippen LogP contribution is -2.36. The van der Waals surface area contributed by atoms with Gasteiger partial charge in [-0.2, -0.15) is 0 Å². The number of hydrogen-bond acceptors (Lipinski definition) is 4. The molecule has 1 atom stereocenters. The zero-order chi connectivity index (χ0) is 12.8. The monoisotopic (exact) mass is 250 g/mol. The second-order valence-electron chi connectivity index (χ2n) is 4.63. The van der Waals surface area contributed by atoms with Crippen molar-refractivity contribution in [2.75, 3.05) is 45.9 Å². The van der Waals surface area contributed by atoms with E-state index in [1.165, 1.54) is 0 Å². The molecule has 0 saturated carbocycles. The van der Waals surface area contributed by atoms with Crippen LogP contribution in [0.25, 0.3) is 0 Å². The van der Waals surface area contributed by atoms with Crippen LogP contribution in [0.15, 0.2) is 0 Å². The molecule has 5 nitrogen and oxygen atoms in total. The second-order valence-corrected chi connectivity index (χ2v) is 4.63. The maximum Gasteiger partial charge on any atom is 0.298 e. The lowest BCUT2D eigenvalue weighted by molar-refractivity contribution is -0.124. The van der Waals surface area contributed by atoms with Gasteiger partial charge in [-0.1, -0.05) is 5.92 Å². The van der Waals surface area contributed by atoms with E-state index >= 15 is 0 Å². The van der Waals surface area contributed by atoms with Crippen LogP contribution in [-0.4, -0.2) is 67.9 Å². The Morgan fingerprint density at radius 1 is 1.33 bits per heavy atom. The number of ether oxygens (including phenoxy) is 1. The van der Waals surface area contributed by atoms with Gasteiger partial charge in [-0.3, -0.25) is 9.69 Å². The van der Waals surface area contributed by atoms with Gasteiger partial charge in [-0.25, -0.2) is 0 Å². The third-order valence-electron chi connectivity index (χ3n) is 3.31. The fraction of sp³-hybridized carbons (Fsp3) is 0.692. The van der Waals surface area contributed by atoms with Crippen LogP contribution in [0.5, 0.6) is 0 Å². The van der Waals surface area contributed by atoms with E-state index in [4.69, 9.17) is 4.74 Å². The maximum atomic E-state index is 11.7. The molecule has 2 rings (SSSR count). The van der Waals surface area contributed by atoms with Crippen LogP contribution in [0.2, 0.25) is 0 Å². The van der Waals surface area contributed by atoms with Crippen molar-refractivity contribution in [2.45, 2.75) is 6.42 Å². The summed E-state index contributed by atoms with van der Waals surface area (Å²) in [6.07, 6.45) is 1.69. The van der Waals surface area contributed by atoms with Gasteiger partial charge in [0.15, 0.2) is 0 Å². The van der Waals surface area contributed by atoms with E-state index in [1.54, 1.807) is 4.90 Å². The van der Waals surface area contributed by atoms with Gasteiger partial charge >= 0.3 is 0 Å². The van der Waals surface area contributed by atoms with Gasteiger partial charge < -0.3 is 14.4 Å². The smallest absolute Gasteiger partial charge is 0.298 e. The van der Waals surface area contributed by atoms with E-state index in [-0.39, 0.29) is 11.8 Å². The van der Waals surface area contributed by atoms with E-state index < -0.39 is 0 Å². The molecule has 2 fully saturated rings. The Bertz CT molecular complexity index is 366. The summed E-state index contributed by atoms with van der Waals surface area (Å²) in [5.41, 5.74) is 0. The molecule has 0 aromatic carbocycles. The van der Waals surface area contributed by atoms with Crippen LogP contribution >= 0.6 is 0 Å². The molecule has 2 aliphatic heterocycles. The largest absolute Gasteiger partial charge is 0.379 e. The third kappa shape index (κ3) is 3.56. The number of amides is 1. The molecule has 0 aromatic rings. The summed E-state index contributed by atoms with van der Waals surface area (Å²) in [5.74, 6) is 5.40. The molecule has 0 aromatic heterocycles. The van der Waals surface area contributed by atoms with E-state index in [9.17, 15) is 9.59 Å². The van der Waals surface area contributed by atoms with Crippen LogP contribution in [0, 0.1) is 17.8 Å². The summed E-state index contributed by atoms with van der Waals surface area (Å²) in [5, 5.41) is 0. The van der Waals surface area contributed by atoms with Crippen LogP contribution in [-0.2, 0) is 14.3 Å². The molecule has 2 heterocycles. The fourth-order valence-corrected chi connectivity index (χ4v) is 2.15. The quantitative estimate of drug-likeness (QED) is 0.484. The zero-order valence-electron chi connectivity index (χ0n) is 10.4. The first-order valence-electron chi connectivity index (χ1n) is 6.33. The molecule has 5 heteroatoms. The van der Waals surface area contributed by atoms with Gasteiger partial charge in [0.05, 0.1) is 19.8 Å². The number of nitrogens with zero attached hydrogens (tertiary/aromatic N) is 2. The van der Waals surface area contributed by atoms with Crippen molar-refractivity contribution in [1.82, 2.24) is 9.80 Å². The zero-order valence-corrected chi connectivity index (χ0v) is 10.4. The highest BCUT2D eigenvalue weighted by Gasteiger charge is 2.24. The summed E-state index contributed by atoms with van der Waals surface area (Å²) in [6.45, 7) is 5.01. The first-order chi connectivity index (χ1) is 8.79. The minimum Gasteiger partial charge on any atom is -0.379 e. The number of morpholine rings is 1. The lowest BCUT2D eigenvalue weighted by Gasteiger charge is -2.24. The topological polar surface area (TPSA) is 49.9 Å². The molecular weight excluding hydrogens is 232 g/mol.